The topological polar surface area (TPSA) is 36.3 Å². The number of hydrogen-bond donors (Lipinski definition) is 0. The Morgan fingerprint density at radius 3 is 2.92 bits per heavy atom. The van der Waals surface area contributed by atoms with Gasteiger partial charge in [-0.15, -0.1) is 0 Å². The van der Waals surface area contributed by atoms with Crippen molar-refractivity contribution in [3.63, 3.8) is 0 Å². The fourth-order valence-corrected chi connectivity index (χ4v) is 3.82. The van der Waals surface area contributed by atoms with Gasteiger partial charge in [-0.2, -0.15) is 5.26 Å². The molecule has 2 rings (SSSR count). The van der Waals surface area contributed by atoms with Crippen LogP contribution in [0.4, 0.5) is 10.1 Å². The minimum absolute atomic E-state index is 0.147. The van der Waals surface area contributed by atoms with Gasteiger partial charge in [0, 0.05) is 24.3 Å². The molecule has 0 amide bonds. The standard InChI is InChI=1S/C21H29FN2O/c1-4-11-24(20-12-18(14-23)9-8-17(20)3)16-21(15-22)10-6-7-19(13-21)25-5-2/h4,8-9,11-12,19H,5-7,10,13,15-16H2,1-3H3/b11-4-. The van der Waals surface area contributed by atoms with E-state index in [0.717, 1.165) is 36.9 Å². The first kappa shape index (κ1) is 19.5. The van der Waals surface area contributed by atoms with Crippen LogP contribution in [0.15, 0.2) is 30.5 Å². The summed E-state index contributed by atoms with van der Waals surface area (Å²) in [5.41, 5.74) is 2.29. The van der Waals surface area contributed by atoms with Gasteiger partial charge in [0.15, 0.2) is 0 Å². The molecule has 1 aromatic carbocycles. The molecule has 2 atom stereocenters. The second kappa shape index (κ2) is 9.01. The van der Waals surface area contributed by atoms with Crippen molar-refractivity contribution in [3.05, 3.63) is 41.6 Å². The second-order valence-electron chi connectivity index (χ2n) is 7.03. The molecule has 1 aromatic rings. The van der Waals surface area contributed by atoms with Crippen LogP contribution in [0.3, 0.4) is 0 Å². The Balaban J connectivity index is 2.29. The molecule has 0 heterocycles. The van der Waals surface area contributed by atoms with Gasteiger partial charge < -0.3 is 9.64 Å². The predicted octanol–water partition coefficient (Wildman–Crippen LogP) is 5.14. The lowest BCUT2D eigenvalue weighted by molar-refractivity contribution is -0.0159. The molecule has 1 fully saturated rings. The predicted molar refractivity (Wildman–Crippen MR) is 100 cm³/mol. The second-order valence-corrected chi connectivity index (χ2v) is 7.03. The van der Waals surface area contributed by atoms with Crippen LogP contribution in [0.25, 0.3) is 0 Å². The molecule has 0 saturated heterocycles. The Kier molecular flexibility index (Phi) is 7.01. The summed E-state index contributed by atoms with van der Waals surface area (Å²) in [5.74, 6) is 0. The normalized spacial score (nSPS) is 23.6. The first-order valence-corrected chi connectivity index (χ1v) is 9.15. The van der Waals surface area contributed by atoms with Crippen molar-refractivity contribution < 1.29 is 9.13 Å². The number of ether oxygens (including phenoxy) is 1. The Morgan fingerprint density at radius 1 is 1.48 bits per heavy atom. The third-order valence-corrected chi connectivity index (χ3v) is 5.06. The molecule has 0 radical (unpaired) electrons. The van der Waals surface area contributed by atoms with Crippen LogP contribution >= 0.6 is 0 Å². The van der Waals surface area contributed by atoms with Gasteiger partial charge in [0.25, 0.3) is 0 Å². The lowest BCUT2D eigenvalue weighted by atomic mass is 9.73. The van der Waals surface area contributed by atoms with Gasteiger partial charge in [0.05, 0.1) is 24.4 Å². The SMILES string of the molecule is C/C=C\N(CC1(CF)CCCC(OCC)C1)c1cc(C#N)ccc1C. The smallest absolute Gasteiger partial charge is 0.0992 e. The summed E-state index contributed by atoms with van der Waals surface area (Å²) in [6.07, 6.45) is 7.74. The molecule has 1 saturated carbocycles. The van der Waals surface area contributed by atoms with E-state index in [-0.39, 0.29) is 12.8 Å². The fourth-order valence-electron chi connectivity index (χ4n) is 3.82. The highest BCUT2D eigenvalue weighted by molar-refractivity contribution is 5.59. The molecule has 4 heteroatoms. The summed E-state index contributed by atoms with van der Waals surface area (Å²) < 4.78 is 20.0. The Labute approximate surface area is 151 Å². The van der Waals surface area contributed by atoms with Crippen LogP contribution in [0.2, 0.25) is 0 Å². The number of nitriles is 1. The van der Waals surface area contributed by atoms with Crippen molar-refractivity contribution in [2.45, 2.75) is 52.6 Å². The van der Waals surface area contributed by atoms with E-state index in [1.165, 1.54) is 0 Å². The zero-order valence-corrected chi connectivity index (χ0v) is 15.6. The summed E-state index contributed by atoms with van der Waals surface area (Å²) in [4.78, 5) is 2.10. The van der Waals surface area contributed by atoms with Gasteiger partial charge in [0.2, 0.25) is 0 Å². The number of nitrogens with zero attached hydrogens (tertiary/aromatic N) is 2. The highest BCUT2D eigenvalue weighted by Gasteiger charge is 2.38. The Bertz CT molecular complexity index is 635. The van der Waals surface area contributed by atoms with E-state index < -0.39 is 5.41 Å². The molecular formula is C21H29FN2O. The minimum Gasteiger partial charge on any atom is -0.378 e. The van der Waals surface area contributed by atoms with Gasteiger partial charge in [-0.05, 0) is 63.9 Å². The molecule has 0 N–H and O–H groups in total. The number of rotatable bonds is 7. The van der Waals surface area contributed by atoms with Gasteiger partial charge in [-0.25, -0.2) is 0 Å². The van der Waals surface area contributed by atoms with Crippen molar-refractivity contribution in [3.8, 4) is 6.07 Å². The number of hydrogen-bond acceptors (Lipinski definition) is 3. The van der Waals surface area contributed by atoms with Crippen molar-refractivity contribution >= 4 is 5.69 Å². The quantitative estimate of drug-likeness (QED) is 0.687. The number of aryl methyl sites for hydroxylation is 1. The van der Waals surface area contributed by atoms with Crippen molar-refractivity contribution in [2.24, 2.45) is 5.41 Å². The lowest BCUT2D eigenvalue weighted by Gasteiger charge is -2.42. The molecule has 0 bridgehead atoms. The molecular weight excluding hydrogens is 315 g/mol. The third kappa shape index (κ3) is 4.83. The van der Waals surface area contributed by atoms with Crippen LogP contribution < -0.4 is 4.90 Å². The van der Waals surface area contributed by atoms with Crippen LogP contribution in [0, 0.1) is 23.7 Å². The number of allylic oxidation sites excluding steroid dienone is 1. The summed E-state index contributed by atoms with van der Waals surface area (Å²) in [5, 5.41) is 9.21. The average Bonchev–Trinajstić information content (AvgIpc) is 2.62. The summed E-state index contributed by atoms with van der Waals surface area (Å²) in [7, 11) is 0. The molecule has 25 heavy (non-hydrogen) atoms. The van der Waals surface area contributed by atoms with E-state index in [1.54, 1.807) is 0 Å². The van der Waals surface area contributed by atoms with Crippen LogP contribution in [-0.4, -0.2) is 25.9 Å². The summed E-state index contributed by atoms with van der Waals surface area (Å²) in [6.45, 7) is 6.92. The molecule has 1 aliphatic carbocycles. The van der Waals surface area contributed by atoms with Crippen molar-refractivity contribution in [1.82, 2.24) is 0 Å². The van der Waals surface area contributed by atoms with Crippen LogP contribution in [0.5, 0.6) is 0 Å². The molecule has 0 spiro atoms. The van der Waals surface area contributed by atoms with E-state index in [4.69, 9.17) is 4.74 Å². The van der Waals surface area contributed by atoms with Gasteiger partial charge in [0.1, 0.15) is 0 Å². The van der Waals surface area contributed by atoms with Gasteiger partial charge in [-0.3, -0.25) is 4.39 Å². The van der Waals surface area contributed by atoms with Gasteiger partial charge in [-0.1, -0.05) is 18.6 Å². The molecule has 3 nitrogen and oxygen atoms in total. The first-order chi connectivity index (χ1) is 12.1. The van der Waals surface area contributed by atoms with E-state index in [0.29, 0.717) is 18.7 Å². The average molecular weight is 344 g/mol. The first-order valence-electron chi connectivity index (χ1n) is 9.15. The summed E-state index contributed by atoms with van der Waals surface area (Å²) in [6, 6.07) is 7.87. The molecule has 0 aliphatic heterocycles. The lowest BCUT2D eigenvalue weighted by Crippen LogP contribution is -2.43. The Morgan fingerprint density at radius 2 is 2.28 bits per heavy atom. The highest BCUT2D eigenvalue weighted by Crippen LogP contribution is 2.40. The zero-order chi connectivity index (χ0) is 18.3. The molecule has 1 aliphatic rings. The zero-order valence-electron chi connectivity index (χ0n) is 15.6. The maximum absolute atomic E-state index is 14.2. The molecule has 2 unspecified atom stereocenters. The highest BCUT2D eigenvalue weighted by atomic mass is 19.1. The van der Waals surface area contributed by atoms with E-state index in [9.17, 15) is 9.65 Å². The summed E-state index contributed by atoms with van der Waals surface area (Å²) >= 11 is 0. The Hall–Kier alpha value is -1.86. The van der Waals surface area contributed by atoms with E-state index >= 15 is 0 Å². The molecule has 136 valence electrons. The third-order valence-electron chi connectivity index (χ3n) is 5.06. The fraction of sp³-hybridized carbons (Fsp3) is 0.571. The van der Waals surface area contributed by atoms with Crippen molar-refractivity contribution in [2.75, 3.05) is 24.7 Å². The molecule has 0 aromatic heterocycles. The monoisotopic (exact) mass is 344 g/mol. The van der Waals surface area contributed by atoms with Crippen LogP contribution in [0.1, 0.15) is 50.7 Å². The number of benzene rings is 1. The largest absolute Gasteiger partial charge is 0.378 e. The van der Waals surface area contributed by atoms with Crippen LogP contribution in [-0.2, 0) is 4.74 Å². The van der Waals surface area contributed by atoms with Gasteiger partial charge >= 0.3 is 0 Å². The van der Waals surface area contributed by atoms with Crippen molar-refractivity contribution in [1.29, 1.82) is 5.26 Å². The van der Waals surface area contributed by atoms with E-state index in [1.807, 2.05) is 51.2 Å². The minimum atomic E-state index is -0.396. The maximum atomic E-state index is 14.2. The van der Waals surface area contributed by atoms with E-state index in [2.05, 4.69) is 11.0 Å². The number of anilines is 1. The number of alkyl halides is 1. The maximum Gasteiger partial charge on any atom is 0.0992 e. The number of halogens is 1.